The maximum atomic E-state index is 11.6. The fraction of sp³-hybridized carbons (Fsp3) is 0.278. The van der Waals surface area contributed by atoms with Crippen molar-refractivity contribution in [2.45, 2.75) is 32.2 Å². The van der Waals surface area contributed by atoms with Gasteiger partial charge in [-0.1, -0.05) is 24.3 Å². The number of benzene rings is 2. The number of carbonyl (C=O) groups is 1. The van der Waals surface area contributed by atoms with Crippen molar-refractivity contribution in [3.8, 4) is 0 Å². The molecule has 1 unspecified atom stereocenters. The van der Waals surface area contributed by atoms with E-state index in [0.29, 0.717) is 17.3 Å². The third-order valence-electron chi connectivity index (χ3n) is 4.14. The van der Waals surface area contributed by atoms with Crippen LogP contribution in [0.5, 0.6) is 0 Å². The van der Waals surface area contributed by atoms with Gasteiger partial charge in [0.1, 0.15) is 0 Å². The zero-order valence-corrected chi connectivity index (χ0v) is 12.2. The van der Waals surface area contributed by atoms with E-state index in [0.717, 1.165) is 18.5 Å². The van der Waals surface area contributed by atoms with Crippen LogP contribution in [-0.4, -0.2) is 5.78 Å². The highest BCUT2D eigenvalue weighted by atomic mass is 16.1. The van der Waals surface area contributed by atoms with Crippen LogP contribution in [-0.2, 0) is 6.42 Å². The maximum absolute atomic E-state index is 11.6. The van der Waals surface area contributed by atoms with Crippen LogP contribution in [0.1, 0.15) is 47.3 Å². The van der Waals surface area contributed by atoms with Crippen LogP contribution >= 0.6 is 0 Å². The van der Waals surface area contributed by atoms with E-state index in [-0.39, 0.29) is 5.78 Å². The smallest absolute Gasteiger partial charge is 0.161 e. The minimum absolute atomic E-state index is 0.000180. The van der Waals surface area contributed by atoms with Gasteiger partial charge in [0.2, 0.25) is 0 Å². The second-order valence-electron chi connectivity index (χ2n) is 5.65. The van der Waals surface area contributed by atoms with Crippen LogP contribution in [0.4, 0.5) is 11.4 Å². The van der Waals surface area contributed by atoms with Crippen molar-refractivity contribution in [1.82, 2.24) is 0 Å². The topological polar surface area (TPSA) is 55.1 Å². The summed E-state index contributed by atoms with van der Waals surface area (Å²) in [6, 6.07) is 14.5. The predicted octanol–water partition coefficient (Wildman–Crippen LogP) is 3.96. The Morgan fingerprint density at radius 1 is 1.24 bits per heavy atom. The lowest BCUT2D eigenvalue weighted by Gasteiger charge is -2.27. The standard InChI is InChI=1S/C18H20N2O/c1-12(21)16-11-14(9-10-17(16)19)20-18-8-4-6-13-5-2-3-7-15(13)18/h2-3,5,7,9-11,18,20H,4,6,8,19H2,1H3. The Labute approximate surface area is 125 Å². The zero-order valence-electron chi connectivity index (χ0n) is 12.2. The van der Waals surface area contributed by atoms with Gasteiger partial charge in [-0.3, -0.25) is 4.79 Å². The molecular formula is C18H20N2O. The monoisotopic (exact) mass is 280 g/mol. The number of hydrogen-bond donors (Lipinski definition) is 2. The molecule has 3 rings (SSSR count). The Bertz CT molecular complexity index is 679. The minimum atomic E-state index is 0.000180. The van der Waals surface area contributed by atoms with E-state index in [2.05, 4.69) is 29.6 Å². The lowest BCUT2D eigenvalue weighted by atomic mass is 9.87. The summed E-state index contributed by atoms with van der Waals surface area (Å²) in [5.41, 5.74) is 10.7. The van der Waals surface area contributed by atoms with E-state index < -0.39 is 0 Å². The lowest BCUT2D eigenvalue weighted by Crippen LogP contribution is -2.17. The third kappa shape index (κ3) is 2.77. The molecule has 21 heavy (non-hydrogen) atoms. The van der Waals surface area contributed by atoms with Crippen LogP contribution in [0, 0.1) is 0 Å². The molecule has 2 aromatic carbocycles. The number of rotatable bonds is 3. The molecular weight excluding hydrogens is 260 g/mol. The fourth-order valence-electron chi connectivity index (χ4n) is 3.06. The average Bonchev–Trinajstić information content (AvgIpc) is 2.49. The summed E-state index contributed by atoms with van der Waals surface area (Å²) in [6.45, 7) is 1.55. The number of nitrogens with one attached hydrogen (secondary N) is 1. The first kappa shape index (κ1) is 13.7. The van der Waals surface area contributed by atoms with Gasteiger partial charge in [-0.15, -0.1) is 0 Å². The number of nitrogen functional groups attached to an aromatic ring is 1. The third-order valence-corrected chi connectivity index (χ3v) is 4.14. The van der Waals surface area contributed by atoms with E-state index in [9.17, 15) is 4.79 Å². The second-order valence-corrected chi connectivity index (χ2v) is 5.65. The van der Waals surface area contributed by atoms with Gasteiger partial charge in [-0.25, -0.2) is 0 Å². The molecule has 0 spiro atoms. The number of Topliss-reactive ketones (excluding diaryl/α,β-unsaturated/α-hetero) is 1. The Hall–Kier alpha value is -2.29. The Balaban J connectivity index is 1.88. The first-order valence-electron chi connectivity index (χ1n) is 7.40. The van der Waals surface area contributed by atoms with Crippen molar-refractivity contribution in [3.05, 3.63) is 59.2 Å². The number of hydrogen-bond acceptors (Lipinski definition) is 3. The molecule has 0 amide bonds. The van der Waals surface area contributed by atoms with E-state index in [1.807, 2.05) is 12.1 Å². The van der Waals surface area contributed by atoms with Crippen molar-refractivity contribution < 1.29 is 4.79 Å². The molecule has 0 radical (unpaired) electrons. The largest absolute Gasteiger partial charge is 0.398 e. The summed E-state index contributed by atoms with van der Waals surface area (Å²) in [7, 11) is 0. The number of aryl methyl sites for hydroxylation is 1. The molecule has 0 saturated heterocycles. The normalized spacial score (nSPS) is 17.1. The molecule has 1 aliphatic carbocycles. The zero-order chi connectivity index (χ0) is 14.8. The van der Waals surface area contributed by atoms with Gasteiger partial charge >= 0.3 is 0 Å². The molecule has 1 aliphatic rings. The molecule has 2 aromatic rings. The van der Waals surface area contributed by atoms with Gasteiger partial charge in [0.25, 0.3) is 0 Å². The highest BCUT2D eigenvalue weighted by molar-refractivity contribution is 6.00. The summed E-state index contributed by atoms with van der Waals surface area (Å²) in [6.07, 6.45) is 3.44. The first-order valence-corrected chi connectivity index (χ1v) is 7.40. The van der Waals surface area contributed by atoms with Gasteiger partial charge in [0.15, 0.2) is 5.78 Å². The summed E-state index contributed by atoms with van der Waals surface area (Å²) in [5.74, 6) is 0.000180. The summed E-state index contributed by atoms with van der Waals surface area (Å²) >= 11 is 0. The SMILES string of the molecule is CC(=O)c1cc(NC2CCCc3ccccc32)ccc1N. The van der Waals surface area contributed by atoms with Crippen LogP contribution in [0.3, 0.4) is 0 Å². The molecule has 108 valence electrons. The predicted molar refractivity (Wildman–Crippen MR) is 86.6 cm³/mol. The second kappa shape index (κ2) is 5.60. The van der Waals surface area contributed by atoms with Gasteiger partial charge in [-0.2, -0.15) is 0 Å². The summed E-state index contributed by atoms with van der Waals surface area (Å²) in [5, 5.41) is 3.55. The Morgan fingerprint density at radius 2 is 2.05 bits per heavy atom. The number of anilines is 2. The number of nitrogens with two attached hydrogens (primary N) is 1. The molecule has 3 N–H and O–H groups in total. The Kier molecular flexibility index (Phi) is 3.65. The van der Waals surface area contributed by atoms with Crippen molar-refractivity contribution >= 4 is 17.2 Å². The number of fused-ring (bicyclic) bond motifs is 1. The lowest BCUT2D eigenvalue weighted by molar-refractivity contribution is 0.101. The quantitative estimate of drug-likeness (QED) is 0.661. The van der Waals surface area contributed by atoms with Crippen LogP contribution in [0.15, 0.2) is 42.5 Å². The molecule has 0 heterocycles. The van der Waals surface area contributed by atoms with Crippen molar-refractivity contribution in [2.24, 2.45) is 0 Å². The van der Waals surface area contributed by atoms with E-state index >= 15 is 0 Å². The van der Waals surface area contributed by atoms with Gasteiger partial charge in [0.05, 0.1) is 6.04 Å². The molecule has 1 atom stereocenters. The molecule has 0 saturated carbocycles. The molecule has 3 heteroatoms. The van der Waals surface area contributed by atoms with Crippen molar-refractivity contribution in [1.29, 1.82) is 0 Å². The summed E-state index contributed by atoms with van der Waals surface area (Å²) < 4.78 is 0. The molecule has 0 aromatic heterocycles. The van der Waals surface area contributed by atoms with E-state index in [1.165, 1.54) is 17.5 Å². The summed E-state index contributed by atoms with van der Waals surface area (Å²) in [4.78, 5) is 11.6. The minimum Gasteiger partial charge on any atom is -0.398 e. The van der Waals surface area contributed by atoms with Crippen LogP contribution < -0.4 is 11.1 Å². The fourth-order valence-corrected chi connectivity index (χ4v) is 3.06. The molecule has 0 fully saturated rings. The van der Waals surface area contributed by atoms with Crippen molar-refractivity contribution in [2.75, 3.05) is 11.1 Å². The first-order chi connectivity index (χ1) is 10.1. The van der Waals surface area contributed by atoms with Gasteiger partial charge in [-0.05, 0) is 55.5 Å². The Morgan fingerprint density at radius 3 is 2.86 bits per heavy atom. The van der Waals surface area contributed by atoms with Gasteiger partial charge in [0, 0.05) is 16.9 Å². The average molecular weight is 280 g/mol. The molecule has 0 aliphatic heterocycles. The van der Waals surface area contributed by atoms with Gasteiger partial charge < -0.3 is 11.1 Å². The van der Waals surface area contributed by atoms with E-state index in [1.54, 1.807) is 13.0 Å². The highest BCUT2D eigenvalue weighted by Crippen LogP contribution is 2.33. The highest BCUT2D eigenvalue weighted by Gasteiger charge is 2.19. The van der Waals surface area contributed by atoms with E-state index in [4.69, 9.17) is 5.73 Å². The van der Waals surface area contributed by atoms with Crippen molar-refractivity contribution in [3.63, 3.8) is 0 Å². The maximum Gasteiger partial charge on any atom is 0.161 e. The molecule has 3 nitrogen and oxygen atoms in total. The van der Waals surface area contributed by atoms with Crippen LogP contribution in [0.2, 0.25) is 0 Å². The number of carbonyl (C=O) groups excluding carboxylic acids is 1. The van der Waals surface area contributed by atoms with Crippen LogP contribution in [0.25, 0.3) is 0 Å². The number of ketones is 1. The molecule has 0 bridgehead atoms.